The van der Waals surface area contributed by atoms with Gasteiger partial charge in [0.05, 0.1) is 0 Å². The summed E-state index contributed by atoms with van der Waals surface area (Å²) in [6, 6.07) is 0. The van der Waals surface area contributed by atoms with Crippen LogP contribution in [0.2, 0.25) is 0 Å². The molecule has 1 N–H and O–H groups in total. The summed E-state index contributed by atoms with van der Waals surface area (Å²) in [4.78, 5) is 2.49. The van der Waals surface area contributed by atoms with Gasteiger partial charge in [0.1, 0.15) is 0 Å². The molecule has 0 aromatic rings. The van der Waals surface area contributed by atoms with E-state index in [-0.39, 0.29) is 0 Å². The lowest BCUT2D eigenvalue weighted by Gasteiger charge is -2.22. The van der Waals surface area contributed by atoms with E-state index in [2.05, 4.69) is 24.1 Å². The summed E-state index contributed by atoms with van der Waals surface area (Å²) in [6.45, 7) is 9.98. The van der Waals surface area contributed by atoms with Crippen LogP contribution in [0.4, 0.5) is 0 Å². The Labute approximate surface area is 96.1 Å². The van der Waals surface area contributed by atoms with E-state index in [4.69, 9.17) is 0 Å². The minimum absolute atomic E-state index is 0.330. The Balaban J connectivity index is 2.27. The Bertz CT molecular complexity index is 211. The molecule has 0 aliphatic carbocycles. The Kier molecular flexibility index (Phi) is 5.79. The highest BCUT2D eigenvalue weighted by molar-refractivity contribution is 7.84. The van der Waals surface area contributed by atoms with E-state index in [0.29, 0.717) is 5.25 Å². The minimum Gasteiger partial charge on any atom is -0.315 e. The van der Waals surface area contributed by atoms with Crippen molar-refractivity contribution in [1.29, 1.82) is 0 Å². The zero-order valence-corrected chi connectivity index (χ0v) is 11.0. The molecule has 3 nitrogen and oxygen atoms in total. The number of hydrogen-bond donors (Lipinski definition) is 1. The third kappa shape index (κ3) is 5.09. The van der Waals surface area contributed by atoms with Crippen LogP contribution in [0.25, 0.3) is 0 Å². The molecule has 1 fully saturated rings. The third-order valence-corrected chi connectivity index (χ3v) is 4.45. The monoisotopic (exact) mass is 232 g/mol. The van der Waals surface area contributed by atoms with Crippen molar-refractivity contribution in [3.8, 4) is 0 Å². The summed E-state index contributed by atoms with van der Waals surface area (Å²) in [6.07, 6.45) is 2.85. The maximum Gasteiger partial charge on any atom is 0.0329 e. The normalized spacial score (nSPS) is 28.3. The van der Waals surface area contributed by atoms with Gasteiger partial charge in [0.25, 0.3) is 0 Å². The highest BCUT2D eigenvalue weighted by Crippen LogP contribution is 2.06. The predicted molar refractivity (Wildman–Crippen MR) is 66.6 cm³/mol. The zero-order chi connectivity index (χ0) is 11.3. The van der Waals surface area contributed by atoms with Gasteiger partial charge in [-0.15, -0.1) is 0 Å². The van der Waals surface area contributed by atoms with Crippen LogP contribution in [0.15, 0.2) is 0 Å². The van der Waals surface area contributed by atoms with Crippen molar-refractivity contribution < 1.29 is 4.21 Å². The average molecular weight is 232 g/mol. The van der Waals surface area contributed by atoms with Gasteiger partial charge in [0.15, 0.2) is 0 Å². The van der Waals surface area contributed by atoms with Crippen molar-refractivity contribution in [2.45, 2.75) is 25.5 Å². The van der Waals surface area contributed by atoms with E-state index in [0.717, 1.165) is 38.5 Å². The molecule has 15 heavy (non-hydrogen) atoms. The molecule has 4 heteroatoms. The first kappa shape index (κ1) is 13.1. The van der Waals surface area contributed by atoms with Crippen molar-refractivity contribution in [3.63, 3.8) is 0 Å². The molecule has 0 aromatic heterocycles. The second-order valence-corrected chi connectivity index (χ2v) is 6.51. The van der Waals surface area contributed by atoms with Gasteiger partial charge in [0.2, 0.25) is 0 Å². The first-order chi connectivity index (χ1) is 7.09. The molecule has 1 rings (SSSR count). The number of hydrogen-bond acceptors (Lipinski definition) is 3. The van der Waals surface area contributed by atoms with E-state index in [1.165, 1.54) is 6.54 Å². The molecule has 1 aliphatic rings. The van der Waals surface area contributed by atoms with Crippen LogP contribution < -0.4 is 5.32 Å². The maximum atomic E-state index is 11.2. The Morgan fingerprint density at radius 2 is 2.33 bits per heavy atom. The summed E-state index contributed by atoms with van der Waals surface area (Å²) in [7, 11) is -0.670. The van der Waals surface area contributed by atoms with Crippen molar-refractivity contribution in [3.05, 3.63) is 0 Å². The molecule has 0 amide bonds. The van der Waals surface area contributed by atoms with Gasteiger partial charge in [-0.2, -0.15) is 0 Å². The smallest absolute Gasteiger partial charge is 0.0329 e. The second-order valence-electron chi connectivity index (χ2n) is 4.71. The zero-order valence-electron chi connectivity index (χ0n) is 10.2. The van der Waals surface area contributed by atoms with Crippen LogP contribution in [0, 0.1) is 5.92 Å². The fourth-order valence-corrected chi connectivity index (χ4v) is 2.35. The highest BCUT2D eigenvalue weighted by atomic mass is 32.2. The number of rotatable bonds is 4. The summed E-state index contributed by atoms with van der Waals surface area (Å²) >= 11 is 0. The number of nitrogens with zero attached hydrogens (tertiary/aromatic N) is 1. The fourth-order valence-electron chi connectivity index (χ4n) is 1.92. The van der Waals surface area contributed by atoms with Crippen LogP contribution in [0.3, 0.4) is 0 Å². The number of nitrogens with one attached hydrogen (secondary N) is 1. The van der Waals surface area contributed by atoms with Gasteiger partial charge in [-0.3, -0.25) is 4.21 Å². The van der Waals surface area contributed by atoms with Gasteiger partial charge < -0.3 is 10.2 Å². The fraction of sp³-hybridized carbons (Fsp3) is 1.00. The molecule has 0 radical (unpaired) electrons. The lowest BCUT2D eigenvalue weighted by molar-refractivity contribution is 0.261. The molecule has 0 bridgehead atoms. The molecule has 1 heterocycles. The van der Waals surface area contributed by atoms with Crippen LogP contribution in [0.5, 0.6) is 0 Å². The van der Waals surface area contributed by atoms with Gasteiger partial charge >= 0.3 is 0 Å². The summed E-state index contributed by atoms with van der Waals surface area (Å²) in [5.41, 5.74) is 0. The Morgan fingerprint density at radius 1 is 1.60 bits per heavy atom. The van der Waals surface area contributed by atoms with Gasteiger partial charge in [-0.05, 0) is 25.4 Å². The first-order valence-electron chi connectivity index (χ1n) is 5.85. The van der Waals surface area contributed by atoms with E-state index in [1.807, 2.05) is 0 Å². The van der Waals surface area contributed by atoms with E-state index >= 15 is 0 Å². The standard InChI is InChI=1S/C11H24N2OS/c1-10-8-12-5-7-13(9-10)6-4-11(2)15(3)14/h10-12H,4-9H2,1-3H3. The predicted octanol–water partition coefficient (Wildman–Crippen LogP) is 0.685. The summed E-state index contributed by atoms with van der Waals surface area (Å²) in [5.74, 6) is 0.731. The Hall–Kier alpha value is 0.0700. The second kappa shape index (κ2) is 6.61. The highest BCUT2D eigenvalue weighted by Gasteiger charge is 2.15. The molecule has 1 aliphatic heterocycles. The maximum absolute atomic E-state index is 11.2. The molecule has 90 valence electrons. The molecule has 0 aromatic carbocycles. The van der Waals surface area contributed by atoms with E-state index < -0.39 is 10.8 Å². The van der Waals surface area contributed by atoms with Gasteiger partial charge in [-0.1, -0.05) is 13.8 Å². The van der Waals surface area contributed by atoms with Crippen LogP contribution in [-0.2, 0) is 10.8 Å². The molecular weight excluding hydrogens is 208 g/mol. The Morgan fingerprint density at radius 3 is 3.00 bits per heavy atom. The molecule has 0 spiro atoms. The van der Waals surface area contributed by atoms with Crippen molar-refractivity contribution in [2.75, 3.05) is 39.0 Å². The van der Waals surface area contributed by atoms with Crippen molar-refractivity contribution in [2.24, 2.45) is 5.92 Å². The van der Waals surface area contributed by atoms with Crippen LogP contribution >= 0.6 is 0 Å². The topological polar surface area (TPSA) is 32.3 Å². The SMILES string of the molecule is CC1CNCCN(CCC(C)S(C)=O)C1. The molecule has 1 saturated heterocycles. The summed E-state index contributed by atoms with van der Waals surface area (Å²) < 4.78 is 11.2. The lowest BCUT2D eigenvalue weighted by atomic mass is 10.1. The molecular formula is C11H24N2OS. The van der Waals surface area contributed by atoms with Crippen molar-refractivity contribution >= 4 is 10.8 Å². The van der Waals surface area contributed by atoms with Crippen molar-refractivity contribution in [1.82, 2.24) is 10.2 Å². The average Bonchev–Trinajstić information content (AvgIpc) is 2.38. The molecule has 3 atom stereocenters. The lowest BCUT2D eigenvalue weighted by Crippen LogP contribution is -2.32. The quantitative estimate of drug-likeness (QED) is 0.774. The first-order valence-corrected chi connectivity index (χ1v) is 7.47. The summed E-state index contributed by atoms with van der Waals surface area (Å²) in [5, 5.41) is 3.77. The van der Waals surface area contributed by atoms with Crippen LogP contribution in [-0.4, -0.2) is 53.3 Å². The van der Waals surface area contributed by atoms with Gasteiger partial charge in [0, 0.05) is 41.9 Å². The van der Waals surface area contributed by atoms with E-state index in [1.54, 1.807) is 6.26 Å². The minimum atomic E-state index is -0.670. The van der Waals surface area contributed by atoms with Gasteiger partial charge in [-0.25, -0.2) is 0 Å². The molecule has 3 unspecified atom stereocenters. The van der Waals surface area contributed by atoms with E-state index in [9.17, 15) is 4.21 Å². The third-order valence-electron chi connectivity index (χ3n) is 3.09. The molecule has 0 saturated carbocycles. The largest absolute Gasteiger partial charge is 0.315 e. The van der Waals surface area contributed by atoms with Crippen LogP contribution in [0.1, 0.15) is 20.3 Å².